The van der Waals surface area contributed by atoms with Gasteiger partial charge in [-0.2, -0.15) is 0 Å². The highest BCUT2D eigenvalue weighted by molar-refractivity contribution is 5.93. The number of likely N-dealkylation sites (tertiary alicyclic amines) is 2. The molecule has 0 saturated carbocycles. The zero-order chi connectivity index (χ0) is 17.9. The molecule has 2 rings (SSSR count). The summed E-state index contributed by atoms with van der Waals surface area (Å²) in [6.07, 6.45) is 2.00. The first-order valence-electron chi connectivity index (χ1n) is 8.16. The maximum atomic E-state index is 12.7. The normalized spacial score (nSPS) is 26.1. The summed E-state index contributed by atoms with van der Waals surface area (Å²) in [4.78, 5) is 50.4. The molecule has 2 aliphatic rings. The van der Waals surface area contributed by atoms with Gasteiger partial charge in [0.1, 0.15) is 18.1 Å². The SMILES string of the molecule is C[C@@H](O)[C@H](NC(=O)[C@@H]1CCCN1C(=O)[C@@H]1CCCN1C=O)C(N)=O. The van der Waals surface area contributed by atoms with Gasteiger partial charge in [-0.3, -0.25) is 19.2 Å². The van der Waals surface area contributed by atoms with Gasteiger partial charge in [0, 0.05) is 13.1 Å². The van der Waals surface area contributed by atoms with Crippen LogP contribution in [0.5, 0.6) is 0 Å². The second kappa shape index (κ2) is 7.61. The maximum Gasteiger partial charge on any atom is 0.246 e. The van der Waals surface area contributed by atoms with Crippen LogP contribution in [-0.4, -0.2) is 76.4 Å². The molecule has 2 aliphatic heterocycles. The first-order valence-corrected chi connectivity index (χ1v) is 8.16. The van der Waals surface area contributed by atoms with Crippen molar-refractivity contribution in [2.45, 2.75) is 56.8 Å². The third-order valence-corrected chi connectivity index (χ3v) is 4.64. The number of primary amides is 1. The van der Waals surface area contributed by atoms with Crippen LogP contribution in [0.2, 0.25) is 0 Å². The second-order valence-electron chi connectivity index (χ2n) is 6.32. The van der Waals surface area contributed by atoms with Gasteiger partial charge in [0.2, 0.25) is 24.1 Å². The van der Waals surface area contributed by atoms with Crippen LogP contribution in [0.4, 0.5) is 0 Å². The van der Waals surface area contributed by atoms with E-state index in [9.17, 15) is 24.3 Å². The molecule has 0 unspecified atom stereocenters. The average molecular weight is 340 g/mol. The number of hydrogen-bond donors (Lipinski definition) is 3. The number of carbonyl (C=O) groups is 4. The van der Waals surface area contributed by atoms with Gasteiger partial charge in [-0.05, 0) is 32.6 Å². The predicted molar refractivity (Wildman–Crippen MR) is 83.3 cm³/mol. The van der Waals surface area contributed by atoms with Gasteiger partial charge < -0.3 is 26.0 Å². The van der Waals surface area contributed by atoms with Crippen molar-refractivity contribution in [1.82, 2.24) is 15.1 Å². The number of nitrogens with one attached hydrogen (secondary N) is 1. The van der Waals surface area contributed by atoms with Gasteiger partial charge in [-0.25, -0.2) is 0 Å². The zero-order valence-corrected chi connectivity index (χ0v) is 13.7. The Morgan fingerprint density at radius 2 is 1.83 bits per heavy atom. The Morgan fingerprint density at radius 1 is 1.21 bits per heavy atom. The highest BCUT2D eigenvalue weighted by atomic mass is 16.3. The number of hydrogen-bond acceptors (Lipinski definition) is 5. The van der Waals surface area contributed by atoms with E-state index in [-0.39, 0.29) is 5.91 Å². The minimum atomic E-state index is -1.20. The Hall–Kier alpha value is -2.16. The standard InChI is InChI=1S/C15H24N4O5/c1-9(21)12(13(16)22)17-14(23)10-4-3-7-19(10)15(24)11-5-2-6-18(11)8-20/h8-12,21H,2-7H2,1H3,(H2,16,22)(H,17,23)/t9-,10+,11+,12+/m1/s1. The molecule has 4 N–H and O–H groups in total. The van der Waals surface area contributed by atoms with Gasteiger partial charge in [-0.1, -0.05) is 0 Å². The zero-order valence-electron chi connectivity index (χ0n) is 13.7. The minimum absolute atomic E-state index is 0.245. The minimum Gasteiger partial charge on any atom is -0.391 e. The molecule has 0 aromatic heterocycles. The molecule has 9 nitrogen and oxygen atoms in total. The average Bonchev–Trinajstić information content (AvgIpc) is 3.19. The van der Waals surface area contributed by atoms with Crippen LogP contribution in [0.25, 0.3) is 0 Å². The third kappa shape index (κ3) is 3.66. The summed E-state index contributed by atoms with van der Waals surface area (Å²) >= 11 is 0. The van der Waals surface area contributed by atoms with Gasteiger partial charge in [0.15, 0.2) is 0 Å². The number of aliphatic hydroxyl groups excluding tert-OH is 1. The highest BCUT2D eigenvalue weighted by Crippen LogP contribution is 2.24. The molecule has 134 valence electrons. The molecule has 2 fully saturated rings. The molecular weight excluding hydrogens is 316 g/mol. The Morgan fingerprint density at radius 3 is 2.42 bits per heavy atom. The summed E-state index contributed by atoms with van der Waals surface area (Å²) < 4.78 is 0. The van der Waals surface area contributed by atoms with Gasteiger partial charge in [0.05, 0.1) is 6.10 Å². The van der Waals surface area contributed by atoms with Crippen molar-refractivity contribution in [3.05, 3.63) is 0 Å². The number of rotatable bonds is 6. The van der Waals surface area contributed by atoms with Crippen molar-refractivity contribution in [2.24, 2.45) is 5.73 Å². The fourth-order valence-electron chi connectivity index (χ4n) is 3.35. The van der Waals surface area contributed by atoms with E-state index >= 15 is 0 Å². The Kier molecular flexibility index (Phi) is 5.76. The van der Waals surface area contributed by atoms with E-state index in [1.165, 1.54) is 16.7 Å². The number of aliphatic hydroxyl groups is 1. The van der Waals surface area contributed by atoms with Crippen molar-refractivity contribution < 1.29 is 24.3 Å². The lowest BCUT2D eigenvalue weighted by molar-refractivity contribution is -0.144. The van der Waals surface area contributed by atoms with Crippen molar-refractivity contribution in [1.29, 1.82) is 0 Å². The van der Waals surface area contributed by atoms with Crippen molar-refractivity contribution in [2.75, 3.05) is 13.1 Å². The van der Waals surface area contributed by atoms with E-state index in [2.05, 4.69) is 5.32 Å². The Balaban J connectivity index is 2.06. The topological polar surface area (TPSA) is 133 Å². The lowest BCUT2D eigenvalue weighted by Crippen LogP contribution is -2.57. The molecule has 24 heavy (non-hydrogen) atoms. The molecule has 4 amide bonds. The van der Waals surface area contributed by atoms with Crippen LogP contribution in [0.3, 0.4) is 0 Å². The molecule has 0 radical (unpaired) electrons. The van der Waals surface area contributed by atoms with Gasteiger partial charge in [0.25, 0.3) is 0 Å². The summed E-state index contributed by atoms with van der Waals surface area (Å²) in [5.41, 5.74) is 5.18. The van der Waals surface area contributed by atoms with E-state index < -0.39 is 36.0 Å². The summed E-state index contributed by atoms with van der Waals surface area (Å²) in [7, 11) is 0. The molecule has 0 aromatic rings. The van der Waals surface area contributed by atoms with Crippen LogP contribution < -0.4 is 11.1 Å². The smallest absolute Gasteiger partial charge is 0.246 e. The van der Waals surface area contributed by atoms with Crippen molar-refractivity contribution >= 4 is 24.1 Å². The lowest BCUT2D eigenvalue weighted by Gasteiger charge is -2.30. The lowest BCUT2D eigenvalue weighted by atomic mass is 10.1. The fourth-order valence-corrected chi connectivity index (χ4v) is 3.35. The number of amides is 4. The molecule has 0 aliphatic carbocycles. The second-order valence-corrected chi connectivity index (χ2v) is 6.32. The molecule has 2 saturated heterocycles. The number of carbonyl (C=O) groups excluding carboxylic acids is 4. The van der Waals surface area contributed by atoms with Gasteiger partial charge >= 0.3 is 0 Å². The van der Waals surface area contributed by atoms with E-state index in [1.807, 2.05) is 0 Å². The molecule has 0 aromatic carbocycles. The van der Waals surface area contributed by atoms with Gasteiger partial charge in [-0.15, -0.1) is 0 Å². The van der Waals surface area contributed by atoms with Crippen molar-refractivity contribution in [3.8, 4) is 0 Å². The third-order valence-electron chi connectivity index (χ3n) is 4.64. The van der Waals surface area contributed by atoms with Crippen LogP contribution in [0.15, 0.2) is 0 Å². The molecule has 0 spiro atoms. The summed E-state index contributed by atoms with van der Waals surface area (Å²) in [6.45, 7) is 2.32. The number of nitrogens with two attached hydrogens (primary N) is 1. The van der Waals surface area contributed by atoms with Crippen LogP contribution in [0, 0.1) is 0 Å². The van der Waals surface area contributed by atoms with E-state index in [0.29, 0.717) is 38.8 Å². The molecule has 2 heterocycles. The first-order chi connectivity index (χ1) is 11.4. The van der Waals surface area contributed by atoms with Crippen LogP contribution >= 0.6 is 0 Å². The van der Waals surface area contributed by atoms with Crippen LogP contribution in [-0.2, 0) is 19.2 Å². The highest BCUT2D eigenvalue weighted by Gasteiger charge is 2.41. The first kappa shape index (κ1) is 18.2. The molecule has 9 heteroatoms. The maximum absolute atomic E-state index is 12.7. The van der Waals surface area contributed by atoms with E-state index in [1.54, 1.807) is 0 Å². The largest absolute Gasteiger partial charge is 0.391 e. The monoisotopic (exact) mass is 340 g/mol. The fraction of sp³-hybridized carbons (Fsp3) is 0.733. The quantitative estimate of drug-likeness (QED) is 0.479. The molecular formula is C15H24N4O5. The molecule has 0 bridgehead atoms. The Labute approximate surface area is 140 Å². The van der Waals surface area contributed by atoms with Crippen molar-refractivity contribution in [3.63, 3.8) is 0 Å². The molecule has 4 atom stereocenters. The summed E-state index contributed by atoms with van der Waals surface area (Å²) in [6, 6.07) is -2.44. The Bertz CT molecular complexity index is 524. The summed E-state index contributed by atoms with van der Waals surface area (Å²) in [5.74, 6) is -1.59. The number of nitrogens with zero attached hydrogens (tertiary/aromatic N) is 2. The van der Waals surface area contributed by atoms with Crippen LogP contribution in [0.1, 0.15) is 32.6 Å². The van der Waals surface area contributed by atoms with E-state index in [0.717, 1.165) is 6.42 Å². The van der Waals surface area contributed by atoms with E-state index in [4.69, 9.17) is 5.73 Å². The summed E-state index contributed by atoms with van der Waals surface area (Å²) in [5, 5.41) is 12.0. The predicted octanol–water partition coefficient (Wildman–Crippen LogP) is -2.05.